The topological polar surface area (TPSA) is 53.9 Å². The first-order valence-electron chi connectivity index (χ1n) is 9.40. The molecule has 0 spiro atoms. The molecule has 1 atom stereocenters. The monoisotopic (exact) mass is 381 g/mol. The van der Waals surface area contributed by atoms with Crippen molar-refractivity contribution < 1.29 is 9.53 Å². The van der Waals surface area contributed by atoms with E-state index in [4.69, 9.17) is 16.3 Å². The first kappa shape index (κ1) is 22.5. The quantitative estimate of drug-likeness (QED) is 0.510. The molecule has 5 nitrogen and oxygen atoms in total. The van der Waals surface area contributed by atoms with E-state index in [1.165, 1.54) is 0 Å². The Labute approximate surface area is 162 Å². The predicted octanol–water partition coefficient (Wildman–Crippen LogP) is 4.36. The number of amides is 1. The summed E-state index contributed by atoms with van der Waals surface area (Å²) in [5.74, 6) is -0.314. The molecule has 0 unspecified atom stereocenters. The molecule has 1 rings (SSSR count). The molecule has 1 amide bonds. The SMILES string of the molecule is CCN(CC)CCC[C@@H](C)N=C(NC(=O)c1ccccc1Cl)OC(C)C. The molecule has 0 saturated heterocycles. The van der Waals surface area contributed by atoms with Crippen LogP contribution in [-0.4, -0.2) is 48.6 Å². The van der Waals surface area contributed by atoms with Crippen molar-refractivity contribution >= 4 is 23.5 Å². The molecule has 1 aromatic carbocycles. The van der Waals surface area contributed by atoms with E-state index in [0.29, 0.717) is 10.6 Å². The lowest BCUT2D eigenvalue weighted by Crippen LogP contribution is -2.35. The Kier molecular flexibility index (Phi) is 10.3. The van der Waals surface area contributed by atoms with Crippen molar-refractivity contribution in [3.05, 3.63) is 34.9 Å². The Balaban J connectivity index is 2.71. The van der Waals surface area contributed by atoms with Crippen molar-refractivity contribution in [2.75, 3.05) is 19.6 Å². The fourth-order valence-corrected chi connectivity index (χ4v) is 2.76. The second-order valence-electron chi connectivity index (χ2n) is 6.55. The van der Waals surface area contributed by atoms with Gasteiger partial charge in [0.25, 0.3) is 11.9 Å². The van der Waals surface area contributed by atoms with Crippen molar-refractivity contribution in [2.45, 2.75) is 59.6 Å². The summed E-state index contributed by atoms with van der Waals surface area (Å²) in [4.78, 5) is 19.4. The van der Waals surface area contributed by atoms with Crippen LogP contribution in [0.4, 0.5) is 0 Å². The highest BCUT2D eigenvalue weighted by atomic mass is 35.5. The average molecular weight is 382 g/mol. The zero-order valence-electron chi connectivity index (χ0n) is 16.6. The fraction of sp³-hybridized carbons (Fsp3) is 0.600. The van der Waals surface area contributed by atoms with Crippen LogP contribution in [0, 0.1) is 0 Å². The van der Waals surface area contributed by atoms with Crippen molar-refractivity contribution in [1.82, 2.24) is 10.2 Å². The maximum Gasteiger partial charge on any atom is 0.292 e. The van der Waals surface area contributed by atoms with E-state index in [2.05, 4.69) is 29.1 Å². The number of nitrogens with zero attached hydrogens (tertiary/aromatic N) is 2. The third-order valence-electron chi connectivity index (χ3n) is 4.01. The van der Waals surface area contributed by atoms with Crippen LogP contribution < -0.4 is 5.32 Å². The highest BCUT2D eigenvalue weighted by Crippen LogP contribution is 2.14. The molecule has 1 N–H and O–H groups in total. The van der Waals surface area contributed by atoms with Crippen LogP contribution in [0.5, 0.6) is 0 Å². The molecule has 0 saturated carbocycles. The van der Waals surface area contributed by atoms with Crippen LogP contribution in [0.2, 0.25) is 5.02 Å². The van der Waals surface area contributed by atoms with Crippen LogP contribution in [0.3, 0.4) is 0 Å². The van der Waals surface area contributed by atoms with E-state index in [1.54, 1.807) is 24.3 Å². The Morgan fingerprint density at radius 2 is 1.88 bits per heavy atom. The molecule has 0 radical (unpaired) electrons. The number of carbonyl (C=O) groups excluding carboxylic acids is 1. The van der Waals surface area contributed by atoms with Crippen LogP contribution in [0.15, 0.2) is 29.3 Å². The van der Waals surface area contributed by atoms with Gasteiger partial charge in [-0.15, -0.1) is 0 Å². The van der Waals surface area contributed by atoms with Crippen LogP contribution in [0.1, 0.15) is 57.8 Å². The second kappa shape index (κ2) is 11.9. The van der Waals surface area contributed by atoms with Gasteiger partial charge in [-0.1, -0.05) is 37.6 Å². The molecule has 0 heterocycles. The second-order valence-corrected chi connectivity index (χ2v) is 6.96. The van der Waals surface area contributed by atoms with Crippen LogP contribution in [-0.2, 0) is 4.74 Å². The number of hydrogen-bond acceptors (Lipinski definition) is 4. The van der Waals surface area contributed by atoms with Crippen molar-refractivity contribution in [2.24, 2.45) is 4.99 Å². The summed E-state index contributed by atoms with van der Waals surface area (Å²) in [5, 5.41) is 3.16. The van der Waals surface area contributed by atoms with Gasteiger partial charge in [0.2, 0.25) is 0 Å². The Hall–Kier alpha value is -1.59. The number of aliphatic imine (C=N–C) groups is 1. The Bertz CT molecular complexity index is 586. The molecular formula is C20H32ClN3O2. The highest BCUT2D eigenvalue weighted by Gasteiger charge is 2.15. The van der Waals surface area contributed by atoms with Crippen LogP contribution >= 0.6 is 11.6 Å². The number of nitrogens with one attached hydrogen (secondary N) is 1. The zero-order chi connectivity index (χ0) is 19.5. The van der Waals surface area contributed by atoms with Gasteiger partial charge in [-0.3, -0.25) is 10.1 Å². The molecule has 146 valence electrons. The minimum absolute atomic E-state index is 0.0610. The van der Waals surface area contributed by atoms with Gasteiger partial charge in [-0.25, -0.2) is 4.99 Å². The third kappa shape index (κ3) is 8.19. The van der Waals surface area contributed by atoms with Gasteiger partial charge in [-0.05, 0) is 65.4 Å². The number of carbonyl (C=O) groups is 1. The first-order valence-corrected chi connectivity index (χ1v) is 9.77. The largest absolute Gasteiger partial charge is 0.462 e. The summed E-state index contributed by atoms with van der Waals surface area (Å²) in [6.45, 7) is 13.4. The summed E-state index contributed by atoms with van der Waals surface area (Å²) in [5.41, 5.74) is 0.406. The zero-order valence-corrected chi connectivity index (χ0v) is 17.3. The molecular weight excluding hydrogens is 350 g/mol. The summed E-state index contributed by atoms with van der Waals surface area (Å²) >= 11 is 6.09. The summed E-state index contributed by atoms with van der Waals surface area (Å²) in [7, 11) is 0. The van der Waals surface area contributed by atoms with Gasteiger partial charge >= 0.3 is 0 Å². The summed E-state index contributed by atoms with van der Waals surface area (Å²) in [6, 6.07) is 7.24. The Morgan fingerprint density at radius 3 is 2.46 bits per heavy atom. The number of amidine groups is 1. The van der Waals surface area contributed by atoms with E-state index >= 15 is 0 Å². The van der Waals surface area contributed by atoms with Gasteiger partial charge in [0.05, 0.1) is 22.7 Å². The van der Waals surface area contributed by atoms with Crippen LogP contribution in [0.25, 0.3) is 0 Å². The molecule has 0 aliphatic carbocycles. The fourth-order valence-electron chi connectivity index (χ4n) is 2.54. The van der Waals surface area contributed by atoms with Gasteiger partial charge in [0.1, 0.15) is 0 Å². The maximum atomic E-state index is 12.5. The van der Waals surface area contributed by atoms with Gasteiger partial charge in [0.15, 0.2) is 0 Å². The summed E-state index contributed by atoms with van der Waals surface area (Å²) < 4.78 is 5.69. The minimum atomic E-state index is -0.314. The molecule has 0 bridgehead atoms. The smallest absolute Gasteiger partial charge is 0.292 e. The lowest BCUT2D eigenvalue weighted by atomic mass is 10.2. The lowest BCUT2D eigenvalue weighted by Gasteiger charge is -2.19. The average Bonchev–Trinajstić information content (AvgIpc) is 2.58. The molecule has 0 aliphatic rings. The molecule has 1 aromatic rings. The van der Waals surface area contributed by atoms with E-state index in [0.717, 1.165) is 32.5 Å². The van der Waals surface area contributed by atoms with Crippen molar-refractivity contribution in [3.63, 3.8) is 0 Å². The first-order chi connectivity index (χ1) is 12.4. The van der Waals surface area contributed by atoms with Gasteiger partial charge in [-0.2, -0.15) is 0 Å². The Morgan fingerprint density at radius 1 is 1.23 bits per heavy atom. The minimum Gasteiger partial charge on any atom is -0.462 e. The molecule has 0 aromatic heterocycles. The number of hydrogen-bond donors (Lipinski definition) is 1. The third-order valence-corrected chi connectivity index (χ3v) is 4.34. The highest BCUT2D eigenvalue weighted by molar-refractivity contribution is 6.34. The van der Waals surface area contributed by atoms with Crippen molar-refractivity contribution in [3.8, 4) is 0 Å². The van der Waals surface area contributed by atoms with E-state index in [-0.39, 0.29) is 24.1 Å². The van der Waals surface area contributed by atoms with E-state index in [1.807, 2.05) is 20.8 Å². The number of ether oxygens (including phenoxy) is 1. The number of rotatable bonds is 9. The van der Waals surface area contributed by atoms with E-state index < -0.39 is 0 Å². The standard InChI is InChI=1S/C20H32ClN3O2/c1-6-24(7-2)14-10-11-16(5)22-20(26-15(3)4)23-19(25)17-12-8-9-13-18(17)21/h8-9,12-13,15-16H,6-7,10-11,14H2,1-5H3,(H,22,23,25)/t16-/m1/s1. The predicted molar refractivity (Wildman–Crippen MR) is 109 cm³/mol. The molecule has 0 fully saturated rings. The van der Waals surface area contributed by atoms with E-state index in [9.17, 15) is 4.79 Å². The lowest BCUT2D eigenvalue weighted by molar-refractivity contribution is 0.0959. The molecule has 0 aliphatic heterocycles. The van der Waals surface area contributed by atoms with Gasteiger partial charge < -0.3 is 9.64 Å². The number of halogens is 1. The number of benzene rings is 1. The van der Waals surface area contributed by atoms with Gasteiger partial charge in [0, 0.05) is 0 Å². The summed E-state index contributed by atoms with van der Waals surface area (Å²) in [6.07, 6.45) is 1.91. The van der Waals surface area contributed by atoms with Crippen molar-refractivity contribution in [1.29, 1.82) is 0 Å². The molecule has 6 heteroatoms. The maximum absolute atomic E-state index is 12.5. The molecule has 26 heavy (non-hydrogen) atoms. The normalized spacial score (nSPS) is 13.2.